The lowest BCUT2D eigenvalue weighted by molar-refractivity contribution is 0.0689. The Morgan fingerprint density at radius 1 is 1.37 bits per heavy atom. The van der Waals surface area contributed by atoms with Crippen molar-refractivity contribution in [1.82, 2.24) is 4.98 Å². The molecule has 0 aliphatic carbocycles. The molecule has 0 aliphatic heterocycles. The van der Waals surface area contributed by atoms with E-state index in [1.54, 1.807) is 12.1 Å². The predicted molar refractivity (Wildman–Crippen MR) is 74.6 cm³/mol. The van der Waals surface area contributed by atoms with Crippen LogP contribution in [0.3, 0.4) is 0 Å². The minimum absolute atomic E-state index is 0.0848. The molecule has 0 amide bonds. The van der Waals surface area contributed by atoms with Gasteiger partial charge in [-0.2, -0.15) is 0 Å². The van der Waals surface area contributed by atoms with Crippen molar-refractivity contribution in [2.75, 3.05) is 5.73 Å². The van der Waals surface area contributed by atoms with Crippen molar-refractivity contribution in [2.45, 2.75) is 6.92 Å². The lowest BCUT2D eigenvalue weighted by Gasteiger charge is -2.09. The van der Waals surface area contributed by atoms with Gasteiger partial charge in [-0.25, -0.2) is 9.78 Å². The molecule has 1 aromatic heterocycles. The molecule has 98 valence electrons. The maximum Gasteiger partial charge on any atom is 0.354 e. The van der Waals surface area contributed by atoms with E-state index in [2.05, 4.69) is 20.9 Å². The third-order valence-electron chi connectivity index (χ3n) is 2.45. The highest BCUT2D eigenvalue weighted by molar-refractivity contribution is 9.10. The molecule has 0 aliphatic rings. The number of pyridine rings is 1. The Kier molecular flexibility index (Phi) is 3.71. The van der Waals surface area contributed by atoms with Crippen LogP contribution in [0.25, 0.3) is 0 Å². The number of halogens is 1. The first-order valence-corrected chi connectivity index (χ1v) is 6.20. The van der Waals surface area contributed by atoms with Crippen LogP contribution >= 0.6 is 15.9 Å². The number of aromatic carboxylic acids is 1. The molecule has 0 saturated carbocycles. The van der Waals surface area contributed by atoms with Gasteiger partial charge < -0.3 is 15.6 Å². The lowest BCUT2D eigenvalue weighted by atomic mass is 10.2. The number of ether oxygens (including phenoxy) is 1. The Labute approximate surface area is 118 Å². The molecule has 0 spiro atoms. The predicted octanol–water partition coefficient (Wildman–Crippen LogP) is 3.23. The van der Waals surface area contributed by atoms with E-state index in [-0.39, 0.29) is 17.3 Å². The number of aryl methyl sites for hydroxylation is 1. The quantitative estimate of drug-likeness (QED) is 0.906. The van der Waals surface area contributed by atoms with Crippen LogP contribution in [0.2, 0.25) is 0 Å². The number of nitrogens with two attached hydrogens (primary N) is 1. The Bertz CT molecular complexity index is 644. The van der Waals surface area contributed by atoms with Gasteiger partial charge in [-0.3, -0.25) is 0 Å². The average Bonchev–Trinajstić information content (AvgIpc) is 2.36. The molecule has 0 atom stereocenters. The topological polar surface area (TPSA) is 85.4 Å². The van der Waals surface area contributed by atoms with Crippen molar-refractivity contribution in [3.05, 3.63) is 46.1 Å². The van der Waals surface area contributed by atoms with E-state index < -0.39 is 5.97 Å². The average molecular weight is 323 g/mol. The molecule has 0 bridgehead atoms. The third-order valence-corrected chi connectivity index (χ3v) is 3.34. The molecule has 0 radical (unpaired) electrons. The van der Waals surface area contributed by atoms with Crippen molar-refractivity contribution in [2.24, 2.45) is 0 Å². The Morgan fingerprint density at radius 3 is 2.74 bits per heavy atom. The normalized spacial score (nSPS) is 10.2. The van der Waals surface area contributed by atoms with E-state index in [0.29, 0.717) is 5.75 Å². The number of nitrogen functional groups attached to an aromatic ring is 1. The number of anilines is 1. The molecule has 1 heterocycles. The minimum atomic E-state index is -1.13. The zero-order valence-electron chi connectivity index (χ0n) is 10.1. The molecule has 3 N–H and O–H groups in total. The van der Waals surface area contributed by atoms with E-state index in [4.69, 9.17) is 15.6 Å². The number of hydrogen-bond acceptors (Lipinski definition) is 4. The molecule has 6 heteroatoms. The van der Waals surface area contributed by atoms with E-state index in [9.17, 15) is 4.79 Å². The van der Waals surface area contributed by atoms with Crippen LogP contribution in [0.1, 0.15) is 16.1 Å². The van der Waals surface area contributed by atoms with Crippen LogP contribution in [0.15, 0.2) is 34.8 Å². The first-order valence-electron chi connectivity index (χ1n) is 5.41. The van der Waals surface area contributed by atoms with Gasteiger partial charge in [0.15, 0.2) is 5.69 Å². The standard InChI is InChI=1S/C13H11BrN2O3/c1-7-6-8(2-3-9(7)14)19-12-10(15)4-5-11(16-12)13(17)18/h2-6H,15H2,1H3,(H,17,18). The molecule has 0 unspecified atom stereocenters. The van der Waals surface area contributed by atoms with Crippen LogP contribution in [0.4, 0.5) is 5.69 Å². The zero-order valence-corrected chi connectivity index (χ0v) is 11.6. The van der Waals surface area contributed by atoms with Crippen molar-refractivity contribution in [1.29, 1.82) is 0 Å². The summed E-state index contributed by atoms with van der Waals surface area (Å²) in [6.45, 7) is 1.92. The molecule has 0 saturated heterocycles. The van der Waals surface area contributed by atoms with Crippen LogP contribution in [-0.2, 0) is 0 Å². The number of nitrogens with zero attached hydrogens (tertiary/aromatic N) is 1. The molecule has 0 fully saturated rings. The second-order valence-corrected chi connectivity index (χ2v) is 4.76. The number of hydrogen-bond donors (Lipinski definition) is 2. The van der Waals surface area contributed by atoms with Crippen molar-refractivity contribution in [3.63, 3.8) is 0 Å². The number of rotatable bonds is 3. The smallest absolute Gasteiger partial charge is 0.354 e. The summed E-state index contributed by atoms with van der Waals surface area (Å²) in [5.41, 5.74) is 6.88. The maximum atomic E-state index is 10.9. The Morgan fingerprint density at radius 2 is 2.11 bits per heavy atom. The van der Waals surface area contributed by atoms with Gasteiger partial charge >= 0.3 is 5.97 Å². The summed E-state index contributed by atoms with van der Waals surface area (Å²) in [7, 11) is 0. The second-order valence-electron chi connectivity index (χ2n) is 3.91. The van der Waals surface area contributed by atoms with Gasteiger partial charge in [0, 0.05) is 4.47 Å². The van der Waals surface area contributed by atoms with Gasteiger partial charge in [-0.15, -0.1) is 0 Å². The molecule has 19 heavy (non-hydrogen) atoms. The summed E-state index contributed by atoms with van der Waals surface area (Å²) in [5.74, 6) is -0.499. The summed E-state index contributed by atoms with van der Waals surface area (Å²) < 4.78 is 6.47. The molecular formula is C13H11BrN2O3. The molecule has 1 aromatic carbocycles. The van der Waals surface area contributed by atoms with E-state index in [1.165, 1.54) is 12.1 Å². The highest BCUT2D eigenvalue weighted by Crippen LogP contribution is 2.28. The summed E-state index contributed by atoms with van der Waals surface area (Å²) in [4.78, 5) is 14.7. The van der Waals surface area contributed by atoms with Crippen LogP contribution < -0.4 is 10.5 Å². The number of carboxylic acid groups (broad SMARTS) is 1. The second kappa shape index (κ2) is 5.27. The van der Waals surface area contributed by atoms with Gasteiger partial charge in [0.25, 0.3) is 0 Å². The molecular weight excluding hydrogens is 312 g/mol. The SMILES string of the molecule is Cc1cc(Oc2nc(C(=O)O)ccc2N)ccc1Br. The summed E-state index contributed by atoms with van der Waals surface area (Å²) in [5, 5.41) is 8.88. The Balaban J connectivity index is 2.34. The number of aromatic nitrogens is 1. The van der Waals surface area contributed by atoms with Gasteiger partial charge in [-0.05, 0) is 42.8 Å². The first kappa shape index (κ1) is 13.4. The summed E-state index contributed by atoms with van der Waals surface area (Å²) in [6.07, 6.45) is 0. The van der Waals surface area contributed by atoms with Crippen molar-refractivity contribution in [3.8, 4) is 11.6 Å². The largest absolute Gasteiger partial charge is 0.477 e. The van der Waals surface area contributed by atoms with Gasteiger partial charge in [0.05, 0.1) is 5.69 Å². The zero-order chi connectivity index (χ0) is 14.0. The highest BCUT2D eigenvalue weighted by atomic mass is 79.9. The fourth-order valence-corrected chi connectivity index (χ4v) is 1.69. The lowest BCUT2D eigenvalue weighted by Crippen LogP contribution is -2.03. The summed E-state index contributed by atoms with van der Waals surface area (Å²) >= 11 is 3.39. The van der Waals surface area contributed by atoms with Crippen LogP contribution in [0, 0.1) is 6.92 Å². The fourth-order valence-electron chi connectivity index (χ4n) is 1.44. The van der Waals surface area contributed by atoms with Gasteiger partial charge in [0.2, 0.25) is 5.88 Å². The molecule has 2 aromatic rings. The van der Waals surface area contributed by atoms with Crippen LogP contribution in [-0.4, -0.2) is 16.1 Å². The van der Waals surface area contributed by atoms with Crippen LogP contribution in [0.5, 0.6) is 11.6 Å². The van der Waals surface area contributed by atoms with E-state index in [1.807, 2.05) is 13.0 Å². The van der Waals surface area contributed by atoms with Gasteiger partial charge in [-0.1, -0.05) is 15.9 Å². The molecule has 5 nitrogen and oxygen atoms in total. The molecule has 2 rings (SSSR count). The minimum Gasteiger partial charge on any atom is -0.477 e. The number of carbonyl (C=O) groups is 1. The summed E-state index contributed by atoms with van der Waals surface area (Å²) in [6, 6.07) is 8.17. The first-order chi connectivity index (χ1) is 8.97. The van der Waals surface area contributed by atoms with E-state index in [0.717, 1.165) is 10.0 Å². The monoisotopic (exact) mass is 322 g/mol. The maximum absolute atomic E-state index is 10.9. The fraction of sp³-hybridized carbons (Fsp3) is 0.0769. The Hall–Kier alpha value is -2.08. The van der Waals surface area contributed by atoms with Gasteiger partial charge in [0.1, 0.15) is 5.75 Å². The number of benzene rings is 1. The van der Waals surface area contributed by atoms with Crippen molar-refractivity contribution >= 4 is 27.6 Å². The van der Waals surface area contributed by atoms with E-state index >= 15 is 0 Å². The third kappa shape index (κ3) is 3.03. The highest BCUT2D eigenvalue weighted by Gasteiger charge is 2.10. The number of carboxylic acids is 1. The van der Waals surface area contributed by atoms with Crippen molar-refractivity contribution < 1.29 is 14.6 Å².